The maximum absolute atomic E-state index is 10.9. The van der Waals surface area contributed by atoms with Crippen LogP contribution in [0.25, 0.3) is 0 Å². The van der Waals surface area contributed by atoms with E-state index in [9.17, 15) is 4.79 Å². The van der Waals surface area contributed by atoms with Gasteiger partial charge in [0.25, 0.3) is 0 Å². The smallest absolute Gasteiger partial charge is 0.306 e. The fourth-order valence-corrected chi connectivity index (χ4v) is 1.99. The van der Waals surface area contributed by atoms with Gasteiger partial charge in [0, 0.05) is 10.6 Å². The number of benzene rings is 1. The average molecular weight is 240 g/mol. The van der Waals surface area contributed by atoms with E-state index in [1.165, 1.54) is 7.11 Å². The molecule has 0 atom stereocenters. The van der Waals surface area contributed by atoms with E-state index in [2.05, 4.69) is 4.74 Å². The number of ether oxygens (including phenoxy) is 2. The highest BCUT2D eigenvalue weighted by molar-refractivity contribution is 7.99. The Bertz CT molecular complexity index is 322. The van der Waals surface area contributed by atoms with E-state index in [0.29, 0.717) is 13.0 Å². The zero-order valence-electron chi connectivity index (χ0n) is 9.56. The van der Waals surface area contributed by atoms with Crippen LogP contribution >= 0.6 is 11.8 Å². The van der Waals surface area contributed by atoms with Crippen LogP contribution in [0.1, 0.15) is 13.3 Å². The number of thioether (sulfide) groups is 1. The molecule has 0 aliphatic rings. The standard InChI is InChI=1S/C12H16O3S/c1-3-15-10-4-6-11(7-5-10)16-9-8-12(13)14-2/h4-7H,3,8-9H2,1-2H3. The van der Waals surface area contributed by atoms with Crippen LogP contribution in [0.15, 0.2) is 29.2 Å². The number of hydrogen-bond donors (Lipinski definition) is 0. The van der Waals surface area contributed by atoms with Crippen LogP contribution in [0.5, 0.6) is 5.75 Å². The number of rotatable bonds is 6. The van der Waals surface area contributed by atoms with Crippen LogP contribution < -0.4 is 4.74 Å². The molecule has 0 N–H and O–H groups in total. The first-order valence-electron chi connectivity index (χ1n) is 5.18. The van der Waals surface area contributed by atoms with Crippen LogP contribution in [0.4, 0.5) is 0 Å². The number of carbonyl (C=O) groups excluding carboxylic acids is 1. The highest BCUT2D eigenvalue weighted by atomic mass is 32.2. The van der Waals surface area contributed by atoms with Gasteiger partial charge in [-0.25, -0.2) is 0 Å². The predicted octanol–water partition coefficient (Wildman–Crippen LogP) is 2.74. The van der Waals surface area contributed by atoms with E-state index in [4.69, 9.17) is 4.74 Å². The molecule has 0 heterocycles. The molecule has 1 aromatic carbocycles. The summed E-state index contributed by atoms with van der Waals surface area (Å²) in [5.74, 6) is 1.44. The monoisotopic (exact) mass is 240 g/mol. The van der Waals surface area contributed by atoms with Crippen LogP contribution in [0.3, 0.4) is 0 Å². The van der Waals surface area contributed by atoms with Crippen LogP contribution in [0.2, 0.25) is 0 Å². The first kappa shape index (κ1) is 12.9. The van der Waals surface area contributed by atoms with Crippen molar-refractivity contribution in [3.05, 3.63) is 24.3 Å². The lowest BCUT2D eigenvalue weighted by molar-refractivity contribution is -0.140. The van der Waals surface area contributed by atoms with Gasteiger partial charge in [-0.1, -0.05) is 0 Å². The SMILES string of the molecule is CCOc1ccc(SCCC(=O)OC)cc1. The van der Waals surface area contributed by atoms with Crippen molar-refractivity contribution in [1.29, 1.82) is 0 Å². The Kier molecular flexibility index (Phi) is 5.78. The molecule has 0 bridgehead atoms. The molecular weight excluding hydrogens is 224 g/mol. The molecule has 88 valence electrons. The Labute approximate surface area is 100 Å². The lowest BCUT2D eigenvalue weighted by atomic mass is 10.3. The lowest BCUT2D eigenvalue weighted by Crippen LogP contribution is -2.00. The second-order valence-corrected chi connectivity index (χ2v) is 4.25. The molecule has 0 aliphatic heterocycles. The molecule has 0 aromatic heterocycles. The van der Waals surface area contributed by atoms with Crippen LogP contribution in [-0.4, -0.2) is 25.4 Å². The Balaban J connectivity index is 2.34. The summed E-state index contributed by atoms with van der Waals surface area (Å²) in [6, 6.07) is 7.85. The highest BCUT2D eigenvalue weighted by Gasteiger charge is 2.01. The van der Waals surface area contributed by atoms with Gasteiger partial charge < -0.3 is 9.47 Å². The molecule has 1 rings (SSSR count). The Morgan fingerprint density at radius 1 is 1.31 bits per heavy atom. The zero-order valence-corrected chi connectivity index (χ0v) is 10.4. The number of esters is 1. The predicted molar refractivity (Wildman–Crippen MR) is 65.0 cm³/mol. The van der Waals surface area contributed by atoms with Crippen molar-refractivity contribution in [3.63, 3.8) is 0 Å². The molecule has 0 amide bonds. The number of carbonyl (C=O) groups is 1. The fourth-order valence-electron chi connectivity index (χ4n) is 1.15. The van der Waals surface area contributed by atoms with Crippen LogP contribution in [-0.2, 0) is 9.53 Å². The molecule has 16 heavy (non-hydrogen) atoms. The minimum absolute atomic E-state index is 0.168. The number of methoxy groups -OCH3 is 1. The van der Waals surface area contributed by atoms with E-state index < -0.39 is 0 Å². The molecular formula is C12H16O3S. The first-order chi connectivity index (χ1) is 7.76. The molecule has 0 aliphatic carbocycles. The lowest BCUT2D eigenvalue weighted by Gasteiger charge is -2.04. The van der Waals surface area contributed by atoms with Crippen molar-refractivity contribution in [2.45, 2.75) is 18.2 Å². The molecule has 1 aromatic rings. The van der Waals surface area contributed by atoms with Gasteiger partial charge in [-0.15, -0.1) is 11.8 Å². The second kappa shape index (κ2) is 7.17. The van der Waals surface area contributed by atoms with Crippen molar-refractivity contribution >= 4 is 17.7 Å². The summed E-state index contributed by atoms with van der Waals surface area (Å²) < 4.78 is 9.90. The third-order valence-electron chi connectivity index (χ3n) is 1.94. The van der Waals surface area contributed by atoms with Gasteiger partial charge in [0.1, 0.15) is 5.75 Å². The van der Waals surface area contributed by atoms with E-state index >= 15 is 0 Å². The van der Waals surface area contributed by atoms with Gasteiger partial charge in [-0.3, -0.25) is 4.79 Å². The van der Waals surface area contributed by atoms with Gasteiger partial charge in [0.15, 0.2) is 0 Å². The van der Waals surface area contributed by atoms with Crippen molar-refractivity contribution in [3.8, 4) is 5.75 Å². The molecule has 4 heteroatoms. The molecule has 0 fully saturated rings. The molecule has 0 spiro atoms. The van der Waals surface area contributed by atoms with Crippen molar-refractivity contribution < 1.29 is 14.3 Å². The minimum Gasteiger partial charge on any atom is -0.494 e. The van der Waals surface area contributed by atoms with Gasteiger partial charge in [-0.2, -0.15) is 0 Å². The molecule has 0 unspecified atom stereocenters. The Morgan fingerprint density at radius 2 is 2.00 bits per heavy atom. The normalized spacial score (nSPS) is 9.88. The summed E-state index contributed by atoms with van der Waals surface area (Å²) in [4.78, 5) is 12.0. The quantitative estimate of drug-likeness (QED) is 0.566. The second-order valence-electron chi connectivity index (χ2n) is 3.08. The molecule has 0 radical (unpaired) electrons. The maximum Gasteiger partial charge on any atom is 0.306 e. The largest absolute Gasteiger partial charge is 0.494 e. The molecule has 0 saturated carbocycles. The Hall–Kier alpha value is -1.16. The van der Waals surface area contributed by atoms with E-state index in [-0.39, 0.29) is 5.97 Å². The third kappa shape index (κ3) is 4.57. The minimum atomic E-state index is -0.168. The van der Waals surface area contributed by atoms with Crippen molar-refractivity contribution in [2.24, 2.45) is 0 Å². The summed E-state index contributed by atoms with van der Waals surface area (Å²) in [6.07, 6.45) is 0.439. The Morgan fingerprint density at radius 3 is 2.56 bits per heavy atom. The average Bonchev–Trinajstić information content (AvgIpc) is 2.31. The number of hydrogen-bond acceptors (Lipinski definition) is 4. The maximum atomic E-state index is 10.9. The van der Waals surface area contributed by atoms with Gasteiger partial charge >= 0.3 is 5.97 Å². The van der Waals surface area contributed by atoms with E-state index in [1.54, 1.807) is 11.8 Å². The summed E-state index contributed by atoms with van der Waals surface area (Å²) in [5.41, 5.74) is 0. The summed E-state index contributed by atoms with van der Waals surface area (Å²) >= 11 is 1.63. The molecule has 0 saturated heterocycles. The topological polar surface area (TPSA) is 35.5 Å². The highest BCUT2D eigenvalue weighted by Crippen LogP contribution is 2.22. The van der Waals surface area contributed by atoms with Crippen LogP contribution in [0, 0.1) is 0 Å². The fraction of sp³-hybridized carbons (Fsp3) is 0.417. The molecule has 3 nitrogen and oxygen atoms in total. The van der Waals surface area contributed by atoms with E-state index in [1.807, 2.05) is 31.2 Å². The van der Waals surface area contributed by atoms with Gasteiger partial charge in [0.2, 0.25) is 0 Å². The van der Waals surface area contributed by atoms with E-state index in [0.717, 1.165) is 16.4 Å². The summed E-state index contributed by atoms with van der Waals surface area (Å²) in [7, 11) is 1.41. The zero-order chi connectivity index (χ0) is 11.8. The summed E-state index contributed by atoms with van der Waals surface area (Å²) in [6.45, 7) is 2.63. The third-order valence-corrected chi connectivity index (χ3v) is 2.95. The van der Waals surface area contributed by atoms with Crippen molar-refractivity contribution in [2.75, 3.05) is 19.5 Å². The first-order valence-corrected chi connectivity index (χ1v) is 6.17. The van der Waals surface area contributed by atoms with Gasteiger partial charge in [-0.05, 0) is 31.2 Å². The summed E-state index contributed by atoms with van der Waals surface area (Å²) in [5, 5.41) is 0. The van der Waals surface area contributed by atoms with Gasteiger partial charge in [0.05, 0.1) is 20.1 Å². The van der Waals surface area contributed by atoms with Crippen molar-refractivity contribution in [1.82, 2.24) is 0 Å².